The molecule has 0 aliphatic heterocycles. The van der Waals surface area contributed by atoms with Gasteiger partial charge in [0.2, 0.25) is 0 Å². The number of fused-ring (bicyclic) bond motifs is 1. The van der Waals surface area contributed by atoms with E-state index >= 15 is 0 Å². The van der Waals surface area contributed by atoms with Crippen molar-refractivity contribution in [1.82, 2.24) is 19.3 Å². The molecular weight excluding hydrogens is 430 g/mol. The average molecular weight is 447 g/mol. The zero-order valence-electron chi connectivity index (χ0n) is 17.2. The Morgan fingerprint density at radius 3 is 2.53 bits per heavy atom. The Hall–Kier alpha value is -3.89. The molecule has 0 saturated heterocycles. The largest absolute Gasteiger partial charge is 0.441 e. The first-order valence-corrected chi connectivity index (χ1v) is 9.34. The van der Waals surface area contributed by atoms with E-state index in [4.69, 9.17) is 4.42 Å². The van der Waals surface area contributed by atoms with Crippen molar-refractivity contribution in [3.63, 3.8) is 0 Å². The lowest BCUT2D eigenvalue weighted by atomic mass is 10.1. The van der Waals surface area contributed by atoms with Crippen molar-refractivity contribution in [3.05, 3.63) is 65.8 Å². The number of alkyl halides is 3. The molecule has 4 aromatic rings. The van der Waals surface area contributed by atoms with Crippen LogP contribution in [0.3, 0.4) is 0 Å². The number of nitrogens with one attached hydrogen (secondary N) is 1. The van der Waals surface area contributed by atoms with Crippen molar-refractivity contribution in [2.24, 2.45) is 0 Å². The number of carbonyl (C=O) groups is 1. The first-order chi connectivity index (χ1) is 15.0. The van der Waals surface area contributed by atoms with Gasteiger partial charge in [0.1, 0.15) is 11.5 Å². The quantitative estimate of drug-likeness (QED) is 0.451. The lowest BCUT2D eigenvalue weighted by molar-refractivity contribution is -0.137. The van der Waals surface area contributed by atoms with Crippen LogP contribution in [0.2, 0.25) is 0 Å². The van der Waals surface area contributed by atoms with Gasteiger partial charge in [0, 0.05) is 39.1 Å². The molecule has 0 bridgehead atoms. The van der Waals surface area contributed by atoms with Crippen LogP contribution in [-0.2, 0) is 6.18 Å². The van der Waals surface area contributed by atoms with E-state index in [1.54, 1.807) is 6.92 Å². The van der Waals surface area contributed by atoms with Crippen molar-refractivity contribution < 1.29 is 26.8 Å². The molecular formula is C21H17F4N5O2. The Kier molecular flexibility index (Phi) is 5.11. The van der Waals surface area contributed by atoms with Crippen molar-refractivity contribution in [2.75, 3.05) is 19.4 Å². The number of anilines is 2. The van der Waals surface area contributed by atoms with Gasteiger partial charge < -0.3 is 19.0 Å². The molecule has 0 aliphatic rings. The summed E-state index contributed by atoms with van der Waals surface area (Å²) in [4.78, 5) is 21.6. The number of nitrogens with zero attached hydrogens (tertiary/aromatic N) is 4. The molecule has 3 heterocycles. The molecule has 4 rings (SSSR count). The molecule has 1 N–H and O–H groups in total. The second-order valence-corrected chi connectivity index (χ2v) is 7.26. The van der Waals surface area contributed by atoms with Gasteiger partial charge in [-0.25, -0.2) is 14.4 Å². The van der Waals surface area contributed by atoms with Crippen molar-refractivity contribution in [1.29, 1.82) is 0 Å². The molecule has 11 heteroatoms. The van der Waals surface area contributed by atoms with E-state index in [1.807, 2.05) is 0 Å². The average Bonchev–Trinajstić information content (AvgIpc) is 3.33. The van der Waals surface area contributed by atoms with Gasteiger partial charge in [0.05, 0.1) is 23.0 Å². The number of rotatable bonds is 4. The maximum atomic E-state index is 14.7. The lowest BCUT2D eigenvalue weighted by Gasteiger charge is -2.13. The fourth-order valence-electron chi connectivity index (χ4n) is 3.11. The Morgan fingerprint density at radius 1 is 1.19 bits per heavy atom. The van der Waals surface area contributed by atoms with Crippen LogP contribution in [0.4, 0.5) is 28.9 Å². The van der Waals surface area contributed by atoms with Crippen LogP contribution in [0, 0.1) is 12.7 Å². The van der Waals surface area contributed by atoms with Crippen LogP contribution < -0.4 is 5.32 Å². The monoisotopic (exact) mass is 447 g/mol. The SMILES string of the molecule is Cc1ncc(-c2ccc(Nc3cc(C(F)(F)F)cn4cc(C(=O)N(C)C)nc34)cc2F)o1. The van der Waals surface area contributed by atoms with Gasteiger partial charge in [-0.1, -0.05) is 0 Å². The second kappa shape index (κ2) is 7.66. The summed E-state index contributed by atoms with van der Waals surface area (Å²) in [6.45, 7) is 1.62. The van der Waals surface area contributed by atoms with E-state index < -0.39 is 23.5 Å². The smallest absolute Gasteiger partial charge is 0.417 e. The molecule has 0 radical (unpaired) electrons. The summed E-state index contributed by atoms with van der Waals surface area (Å²) in [5.41, 5.74) is -0.598. The molecule has 0 saturated carbocycles. The highest BCUT2D eigenvalue weighted by Gasteiger charge is 2.32. The molecule has 0 aliphatic carbocycles. The number of aromatic nitrogens is 3. The van der Waals surface area contributed by atoms with Gasteiger partial charge in [-0.05, 0) is 24.3 Å². The number of amides is 1. The van der Waals surface area contributed by atoms with E-state index in [-0.39, 0.29) is 34.0 Å². The fraction of sp³-hybridized carbons (Fsp3) is 0.190. The molecule has 166 valence electrons. The molecule has 3 aromatic heterocycles. The number of oxazole rings is 1. The summed E-state index contributed by atoms with van der Waals surface area (Å²) in [6, 6.07) is 4.90. The zero-order valence-corrected chi connectivity index (χ0v) is 17.2. The number of pyridine rings is 1. The van der Waals surface area contributed by atoms with Crippen LogP contribution in [-0.4, -0.2) is 39.3 Å². The Labute approximate surface area is 179 Å². The Morgan fingerprint density at radius 2 is 1.94 bits per heavy atom. The minimum atomic E-state index is -4.64. The van der Waals surface area contributed by atoms with E-state index in [2.05, 4.69) is 15.3 Å². The summed E-state index contributed by atoms with van der Waals surface area (Å²) in [5, 5.41) is 2.77. The number of halogens is 4. The van der Waals surface area contributed by atoms with Crippen molar-refractivity contribution in [2.45, 2.75) is 13.1 Å². The van der Waals surface area contributed by atoms with Crippen LogP contribution in [0.25, 0.3) is 17.0 Å². The first-order valence-electron chi connectivity index (χ1n) is 9.34. The Balaban J connectivity index is 1.77. The van der Waals surface area contributed by atoms with Gasteiger partial charge in [0.15, 0.2) is 17.3 Å². The maximum absolute atomic E-state index is 14.7. The predicted octanol–water partition coefficient (Wildman–Crippen LogP) is 4.90. The number of imidazole rings is 1. The summed E-state index contributed by atoms with van der Waals surface area (Å²) in [6.07, 6.45) is -1.20. The molecule has 1 amide bonds. The van der Waals surface area contributed by atoms with E-state index in [0.29, 0.717) is 5.89 Å². The fourth-order valence-corrected chi connectivity index (χ4v) is 3.11. The molecule has 0 fully saturated rings. The molecule has 0 atom stereocenters. The second-order valence-electron chi connectivity index (χ2n) is 7.26. The summed E-state index contributed by atoms with van der Waals surface area (Å²) >= 11 is 0. The number of carbonyl (C=O) groups excluding carboxylic acids is 1. The van der Waals surface area contributed by atoms with Gasteiger partial charge in [-0.2, -0.15) is 13.2 Å². The highest BCUT2D eigenvalue weighted by atomic mass is 19.4. The lowest BCUT2D eigenvalue weighted by Crippen LogP contribution is -2.21. The normalized spacial score (nSPS) is 11.7. The molecule has 32 heavy (non-hydrogen) atoms. The first kappa shape index (κ1) is 21.3. The van der Waals surface area contributed by atoms with Crippen molar-refractivity contribution in [3.8, 4) is 11.3 Å². The van der Waals surface area contributed by atoms with E-state index in [0.717, 1.165) is 22.7 Å². The molecule has 0 unspecified atom stereocenters. The van der Waals surface area contributed by atoms with E-state index in [9.17, 15) is 22.4 Å². The number of hydrogen-bond acceptors (Lipinski definition) is 5. The summed E-state index contributed by atoms with van der Waals surface area (Å²) in [7, 11) is 3.01. The van der Waals surface area contributed by atoms with Crippen LogP contribution >= 0.6 is 0 Å². The Bertz CT molecular complexity index is 1320. The number of aryl methyl sites for hydroxylation is 1. The maximum Gasteiger partial charge on any atom is 0.417 e. The topological polar surface area (TPSA) is 75.7 Å². The summed E-state index contributed by atoms with van der Waals surface area (Å²) in [5.74, 6) is -0.518. The van der Waals surface area contributed by atoms with Gasteiger partial charge >= 0.3 is 6.18 Å². The van der Waals surface area contributed by atoms with Crippen LogP contribution in [0.5, 0.6) is 0 Å². The molecule has 1 aromatic carbocycles. The summed E-state index contributed by atoms with van der Waals surface area (Å²) < 4.78 is 61.3. The standard InChI is InChI=1S/C21H17F4N5O2/c1-11-26-8-18(32-11)14-5-4-13(7-15(14)22)27-16-6-12(21(23,24)25)9-30-10-17(28-19(16)30)20(31)29(2)3/h4-10,27H,1-3H3. The van der Waals surface area contributed by atoms with Gasteiger partial charge in [-0.3, -0.25) is 4.79 Å². The van der Waals surface area contributed by atoms with Crippen molar-refractivity contribution >= 4 is 22.9 Å². The highest BCUT2D eigenvalue weighted by molar-refractivity contribution is 5.93. The number of hydrogen-bond donors (Lipinski definition) is 1. The van der Waals surface area contributed by atoms with Crippen LogP contribution in [0.15, 0.2) is 47.3 Å². The van der Waals surface area contributed by atoms with Gasteiger partial charge in [0.25, 0.3) is 5.91 Å². The van der Waals surface area contributed by atoms with Crippen LogP contribution in [0.1, 0.15) is 21.9 Å². The minimum absolute atomic E-state index is 0.0282. The molecule has 0 spiro atoms. The zero-order chi connectivity index (χ0) is 23.2. The molecule has 7 nitrogen and oxygen atoms in total. The third kappa shape index (κ3) is 4.01. The van der Waals surface area contributed by atoms with E-state index in [1.165, 1.54) is 43.5 Å². The number of benzene rings is 1. The van der Waals surface area contributed by atoms with Gasteiger partial charge in [-0.15, -0.1) is 0 Å². The third-order valence-corrected chi connectivity index (χ3v) is 4.64. The predicted molar refractivity (Wildman–Crippen MR) is 108 cm³/mol. The minimum Gasteiger partial charge on any atom is -0.441 e. The highest BCUT2D eigenvalue weighted by Crippen LogP contribution is 2.34. The third-order valence-electron chi connectivity index (χ3n) is 4.64.